The van der Waals surface area contributed by atoms with Gasteiger partial charge in [-0.05, 0) is 43.3 Å². The van der Waals surface area contributed by atoms with Crippen molar-refractivity contribution in [3.05, 3.63) is 65.2 Å². The molecule has 3 rings (SSSR count). The Kier molecular flexibility index (Phi) is 7.01. The van der Waals surface area contributed by atoms with Crippen LogP contribution in [0.5, 0.6) is 5.75 Å². The van der Waals surface area contributed by atoms with Crippen LogP contribution < -0.4 is 4.74 Å². The smallest absolute Gasteiger partial charge is 0.434 e. The summed E-state index contributed by atoms with van der Waals surface area (Å²) < 4.78 is 49.2. The molecule has 0 spiro atoms. The quantitative estimate of drug-likeness (QED) is 0.523. The summed E-state index contributed by atoms with van der Waals surface area (Å²) in [5.74, 6) is -0.792. The van der Waals surface area contributed by atoms with Gasteiger partial charge in [-0.3, -0.25) is 9.59 Å². The summed E-state index contributed by atoms with van der Waals surface area (Å²) in [5.41, 5.74) is -1.03. The number of piperazine rings is 1. The standard InChI is InChI=1S/C22H21F3N2O5/c1-2-31-21(30)32-16-9-7-15(8-10-16)19(28)26-11-13-27(14-12-26)20(29)17-5-3-4-6-18(17)22(23,24)25/h3-10H,2,11-14H2,1H3. The number of halogens is 3. The van der Waals surface area contributed by atoms with Gasteiger partial charge >= 0.3 is 12.3 Å². The molecular weight excluding hydrogens is 429 g/mol. The number of alkyl halides is 3. The van der Waals surface area contributed by atoms with Crippen molar-refractivity contribution in [2.45, 2.75) is 13.1 Å². The number of ether oxygens (including phenoxy) is 2. The molecule has 0 N–H and O–H groups in total. The van der Waals surface area contributed by atoms with Crippen molar-refractivity contribution in [3.8, 4) is 5.75 Å². The minimum atomic E-state index is -4.63. The Morgan fingerprint density at radius 2 is 1.44 bits per heavy atom. The van der Waals surface area contributed by atoms with Crippen molar-refractivity contribution < 1.29 is 37.0 Å². The van der Waals surface area contributed by atoms with Crippen molar-refractivity contribution in [2.24, 2.45) is 0 Å². The number of hydrogen-bond donors (Lipinski definition) is 0. The molecule has 1 aliphatic rings. The lowest BCUT2D eigenvalue weighted by molar-refractivity contribution is -0.138. The Morgan fingerprint density at radius 1 is 0.875 bits per heavy atom. The van der Waals surface area contributed by atoms with Gasteiger partial charge in [0.1, 0.15) is 5.75 Å². The highest BCUT2D eigenvalue weighted by Crippen LogP contribution is 2.32. The van der Waals surface area contributed by atoms with Gasteiger partial charge in [0.05, 0.1) is 17.7 Å². The molecule has 10 heteroatoms. The van der Waals surface area contributed by atoms with Crippen molar-refractivity contribution in [1.82, 2.24) is 9.80 Å². The highest BCUT2D eigenvalue weighted by Gasteiger charge is 2.36. The third-order valence-corrected chi connectivity index (χ3v) is 4.88. The average Bonchev–Trinajstić information content (AvgIpc) is 2.78. The largest absolute Gasteiger partial charge is 0.513 e. The molecule has 1 aliphatic heterocycles. The van der Waals surface area contributed by atoms with Crippen LogP contribution in [0, 0.1) is 0 Å². The van der Waals surface area contributed by atoms with Crippen LogP contribution in [0.15, 0.2) is 48.5 Å². The summed E-state index contributed by atoms with van der Waals surface area (Å²) in [6.07, 6.45) is -5.48. The van der Waals surface area contributed by atoms with E-state index in [1.54, 1.807) is 6.92 Å². The van der Waals surface area contributed by atoms with Crippen molar-refractivity contribution >= 4 is 18.0 Å². The first kappa shape index (κ1) is 23.1. The molecular formula is C22H21F3N2O5. The fraction of sp³-hybridized carbons (Fsp3) is 0.318. The molecule has 7 nitrogen and oxygen atoms in total. The van der Waals surface area contributed by atoms with E-state index in [1.165, 1.54) is 46.2 Å². The van der Waals surface area contributed by atoms with E-state index in [2.05, 4.69) is 4.74 Å². The molecule has 2 aromatic rings. The number of benzene rings is 2. The summed E-state index contributed by atoms with van der Waals surface area (Å²) in [6.45, 7) is 2.40. The first-order chi connectivity index (χ1) is 15.2. The van der Waals surface area contributed by atoms with E-state index in [0.717, 1.165) is 12.1 Å². The Labute approximate surface area is 182 Å². The van der Waals surface area contributed by atoms with Gasteiger partial charge in [0.15, 0.2) is 0 Å². The van der Waals surface area contributed by atoms with E-state index in [9.17, 15) is 27.6 Å². The summed E-state index contributed by atoms with van der Waals surface area (Å²) in [4.78, 5) is 39.5. The van der Waals surface area contributed by atoms with Crippen molar-refractivity contribution in [1.29, 1.82) is 0 Å². The van der Waals surface area contributed by atoms with Crippen LogP contribution in [0.1, 0.15) is 33.2 Å². The molecule has 1 saturated heterocycles. The summed E-state index contributed by atoms with van der Waals surface area (Å²) in [5, 5.41) is 0. The molecule has 1 fully saturated rings. The SMILES string of the molecule is CCOC(=O)Oc1ccc(C(=O)N2CCN(C(=O)c3ccccc3C(F)(F)F)CC2)cc1. The Bertz CT molecular complexity index is 984. The average molecular weight is 450 g/mol. The molecule has 2 aromatic carbocycles. The molecule has 0 saturated carbocycles. The van der Waals surface area contributed by atoms with E-state index >= 15 is 0 Å². The highest BCUT2D eigenvalue weighted by molar-refractivity contribution is 5.97. The van der Waals surface area contributed by atoms with Gasteiger partial charge in [-0.2, -0.15) is 13.2 Å². The second-order valence-electron chi connectivity index (χ2n) is 6.94. The van der Waals surface area contributed by atoms with Crippen LogP contribution in [-0.4, -0.2) is 60.6 Å². The van der Waals surface area contributed by atoms with Gasteiger partial charge in [0, 0.05) is 31.7 Å². The second kappa shape index (κ2) is 9.71. The van der Waals surface area contributed by atoms with E-state index in [4.69, 9.17) is 4.74 Å². The van der Waals surface area contributed by atoms with Crippen LogP contribution in [-0.2, 0) is 10.9 Å². The monoisotopic (exact) mass is 450 g/mol. The zero-order valence-electron chi connectivity index (χ0n) is 17.2. The predicted octanol–water partition coefficient (Wildman–Crippen LogP) is 3.84. The molecule has 1 heterocycles. The molecule has 0 bridgehead atoms. The van der Waals surface area contributed by atoms with Crippen LogP contribution in [0.3, 0.4) is 0 Å². The number of amides is 2. The van der Waals surface area contributed by atoms with E-state index < -0.39 is 29.4 Å². The predicted molar refractivity (Wildman–Crippen MR) is 107 cm³/mol. The molecule has 0 radical (unpaired) electrons. The zero-order valence-corrected chi connectivity index (χ0v) is 17.2. The number of carbonyl (C=O) groups excluding carboxylic acids is 3. The van der Waals surface area contributed by atoms with E-state index in [1.807, 2.05) is 0 Å². The topological polar surface area (TPSA) is 76.2 Å². The highest BCUT2D eigenvalue weighted by atomic mass is 19.4. The van der Waals surface area contributed by atoms with Crippen LogP contribution in [0.25, 0.3) is 0 Å². The maximum Gasteiger partial charge on any atom is 0.513 e. The first-order valence-corrected chi connectivity index (χ1v) is 9.90. The van der Waals surface area contributed by atoms with Crippen molar-refractivity contribution in [2.75, 3.05) is 32.8 Å². The lowest BCUT2D eigenvalue weighted by atomic mass is 10.1. The number of hydrogen-bond acceptors (Lipinski definition) is 5. The lowest BCUT2D eigenvalue weighted by Gasteiger charge is -2.35. The Hall–Kier alpha value is -3.56. The van der Waals surface area contributed by atoms with Gasteiger partial charge in [0.2, 0.25) is 0 Å². The molecule has 0 aromatic heterocycles. The van der Waals surface area contributed by atoms with Crippen LogP contribution >= 0.6 is 0 Å². The second-order valence-corrected chi connectivity index (χ2v) is 6.94. The first-order valence-electron chi connectivity index (χ1n) is 9.90. The molecule has 32 heavy (non-hydrogen) atoms. The minimum absolute atomic E-state index is 0.112. The van der Waals surface area contributed by atoms with Crippen LogP contribution in [0.4, 0.5) is 18.0 Å². The summed E-state index contributed by atoms with van der Waals surface area (Å²) in [7, 11) is 0. The Morgan fingerprint density at radius 3 is 2.00 bits per heavy atom. The van der Waals surface area contributed by atoms with Gasteiger partial charge in [-0.15, -0.1) is 0 Å². The van der Waals surface area contributed by atoms with Gasteiger partial charge in [0.25, 0.3) is 11.8 Å². The van der Waals surface area contributed by atoms with Crippen LogP contribution in [0.2, 0.25) is 0 Å². The fourth-order valence-corrected chi connectivity index (χ4v) is 3.29. The van der Waals surface area contributed by atoms with E-state index in [0.29, 0.717) is 5.56 Å². The summed E-state index contributed by atoms with van der Waals surface area (Å²) in [6, 6.07) is 10.6. The Balaban J connectivity index is 1.61. The zero-order chi connectivity index (χ0) is 23.3. The maximum absolute atomic E-state index is 13.2. The molecule has 0 unspecified atom stereocenters. The molecule has 0 aliphatic carbocycles. The fourth-order valence-electron chi connectivity index (χ4n) is 3.29. The van der Waals surface area contributed by atoms with E-state index in [-0.39, 0.29) is 44.4 Å². The van der Waals surface area contributed by atoms with Gasteiger partial charge in [-0.25, -0.2) is 4.79 Å². The third kappa shape index (κ3) is 5.37. The summed E-state index contributed by atoms with van der Waals surface area (Å²) >= 11 is 0. The number of carbonyl (C=O) groups is 3. The number of nitrogens with zero attached hydrogens (tertiary/aromatic N) is 2. The van der Waals surface area contributed by atoms with Crippen molar-refractivity contribution in [3.63, 3.8) is 0 Å². The van der Waals surface area contributed by atoms with Gasteiger partial charge in [-0.1, -0.05) is 12.1 Å². The normalized spacial score (nSPS) is 14.1. The third-order valence-electron chi connectivity index (χ3n) is 4.88. The minimum Gasteiger partial charge on any atom is -0.434 e. The lowest BCUT2D eigenvalue weighted by Crippen LogP contribution is -2.50. The number of rotatable bonds is 4. The molecule has 170 valence electrons. The molecule has 0 atom stereocenters. The molecule has 2 amide bonds. The maximum atomic E-state index is 13.2. The van der Waals surface area contributed by atoms with Gasteiger partial charge < -0.3 is 19.3 Å².